The van der Waals surface area contributed by atoms with Crippen LogP contribution in [0, 0.1) is 5.92 Å². The lowest BCUT2D eigenvalue weighted by Gasteiger charge is -2.08. The van der Waals surface area contributed by atoms with Gasteiger partial charge in [-0.2, -0.15) is 0 Å². The molecule has 0 spiro atoms. The van der Waals surface area contributed by atoms with Crippen molar-refractivity contribution in [1.29, 1.82) is 0 Å². The summed E-state index contributed by atoms with van der Waals surface area (Å²) >= 11 is 0. The first-order valence-electron chi connectivity index (χ1n) is 5.41. The summed E-state index contributed by atoms with van der Waals surface area (Å²) in [5.74, 6) is 0.0567. The molecule has 0 unspecified atom stereocenters. The minimum absolute atomic E-state index is 0.0291. The molecular formula is C11H21N3O2. The molecule has 3 N–H and O–H groups in total. The van der Waals surface area contributed by atoms with E-state index in [4.69, 9.17) is 0 Å². The van der Waals surface area contributed by atoms with Gasteiger partial charge in [-0.1, -0.05) is 19.9 Å². The number of hydrogen-bond donors (Lipinski definition) is 3. The molecule has 5 heteroatoms. The zero-order valence-corrected chi connectivity index (χ0v) is 10.0. The summed E-state index contributed by atoms with van der Waals surface area (Å²) in [7, 11) is 0. The third-order valence-corrected chi connectivity index (χ3v) is 1.73. The summed E-state index contributed by atoms with van der Waals surface area (Å²) in [4.78, 5) is 22.4. The second-order valence-corrected chi connectivity index (χ2v) is 3.89. The van der Waals surface area contributed by atoms with Gasteiger partial charge in [0.1, 0.15) is 0 Å². The lowest BCUT2D eigenvalue weighted by molar-refractivity contribution is -0.125. The fourth-order valence-electron chi connectivity index (χ4n) is 0.910. The van der Waals surface area contributed by atoms with Crippen molar-refractivity contribution in [1.82, 2.24) is 16.0 Å². The standard InChI is InChI=1S/C11H21N3O2/c1-4-5-12-7-10(15)14-8-11(16)13-6-9(2)3/h4,9,12H,1,5-8H2,2-3H3,(H,13,16)(H,14,15). The summed E-state index contributed by atoms with van der Waals surface area (Å²) in [6.45, 7) is 8.97. The Hall–Kier alpha value is -1.36. The maximum Gasteiger partial charge on any atom is 0.239 e. The van der Waals surface area contributed by atoms with Crippen LogP contribution in [0.15, 0.2) is 12.7 Å². The first-order valence-corrected chi connectivity index (χ1v) is 5.41. The van der Waals surface area contributed by atoms with Gasteiger partial charge in [-0.05, 0) is 5.92 Å². The van der Waals surface area contributed by atoms with Crippen molar-refractivity contribution < 1.29 is 9.59 Å². The maximum absolute atomic E-state index is 11.2. The molecule has 0 saturated carbocycles. The van der Waals surface area contributed by atoms with Gasteiger partial charge >= 0.3 is 0 Å². The van der Waals surface area contributed by atoms with Gasteiger partial charge in [0.2, 0.25) is 11.8 Å². The zero-order chi connectivity index (χ0) is 12.4. The van der Waals surface area contributed by atoms with Crippen LogP contribution in [0.25, 0.3) is 0 Å². The highest BCUT2D eigenvalue weighted by atomic mass is 16.2. The van der Waals surface area contributed by atoms with Crippen molar-refractivity contribution in [3.05, 3.63) is 12.7 Å². The molecule has 0 aliphatic carbocycles. The van der Waals surface area contributed by atoms with Gasteiger partial charge in [-0.25, -0.2) is 0 Å². The summed E-state index contributed by atoms with van der Waals surface area (Å²) < 4.78 is 0. The lowest BCUT2D eigenvalue weighted by Crippen LogP contribution is -2.41. The van der Waals surface area contributed by atoms with Gasteiger partial charge in [-0.3, -0.25) is 9.59 Å². The van der Waals surface area contributed by atoms with Crippen molar-refractivity contribution in [3.8, 4) is 0 Å². The molecule has 0 atom stereocenters. The summed E-state index contributed by atoms with van der Waals surface area (Å²) in [6, 6.07) is 0. The molecular weight excluding hydrogens is 206 g/mol. The van der Waals surface area contributed by atoms with Crippen LogP contribution >= 0.6 is 0 Å². The largest absolute Gasteiger partial charge is 0.354 e. The molecule has 0 aliphatic rings. The van der Waals surface area contributed by atoms with Crippen molar-refractivity contribution in [3.63, 3.8) is 0 Å². The van der Waals surface area contributed by atoms with Crippen molar-refractivity contribution in [2.24, 2.45) is 5.92 Å². The minimum atomic E-state index is -0.193. The Labute approximate surface area is 96.7 Å². The van der Waals surface area contributed by atoms with Crippen molar-refractivity contribution >= 4 is 11.8 Å². The minimum Gasteiger partial charge on any atom is -0.354 e. The summed E-state index contributed by atoms with van der Waals surface area (Å²) in [5, 5.41) is 8.08. The number of rotatable bonds is 8. The molecule has 0 rings (SSSR count). The molecule has 0 heterocycles. The Morgan fingerprint density at radius 3 is 2.38 bits per heavy atom. The Morgan fingerprint density at radius 2 is 1.81 bits per heavy atom. The SMILES string of the molecule is C=CCNCC(=O)NCC(=O)NCC(C)C. The maximum atomic E-state index is 11.2. The molecule has 0 radical (unpaired) electrons. The Kier molecular flexibility index (Phi) is 8.15. The molecule has 0 saturated heterocycles. The Bertz CT molecular complexity index is 239. The third-order valence-electron chi connectivity index (χ3n) is 1.73. The molecule has 0 fully saturated rings. The van der Waals surface area contributed by atoms with E-state index in [2.05, 4.69) is 22.5 Å². The topological polar surface area (TPSA) is 70.2 Å². The summed E-state index contributed by atoms with van der Waals surface area (Å²) in [6.07, 6.45) is 1.67. The molecule has 0 aliphatic heterocycles. The van der Waals surface area contributed by atoms with E-state index < -0.39 is 0 Å². The van der Waals surface area contributed by atoms with Crippen LogP contribution < -0.4 is 16.0 Å². The molecule has 0 aromatic carbocycles. The number of carbonyl (C=O) groups is 2. The van der Waals surface area contributed by atoms with E-state index in [-0.39, 0.29) is 24.9 Å². The van der Waals surface area contributed by atoms with Gasteiger partial charge in [0.25, 0.3) is 0 Å². The van der Waals surface area contributed by atoms with E-state index in [1.165, 1.54) is 0 Å². The van der Waals surface area contributed by atoms with Gasteiger partial charge in [0.15, 0.2) is 0 Å². The molecule has 0 aromatic rings. The predicted octanol–water partition coefficient (Wildman–Crippen LogP) is -0.350. The quantitative estimate of drug-likeness (QED) is 0.392. The van der Waals surface area contributed by atoms with Gasteiger partial charge in [0.05, 0.1) is 13.1 Å². The van der Waals surface area contributed by atoms with Crippen LogP contribution in [0.4, 0.5) is 0 Å². The van der Waals surface area contributed by atoms with E-state index >= 15 is 0 Å². The number of hydrogen-bond acceptors (Lipinski definition) is 3. The number of nitrogens with one attached hydrogen (secondary N) is 3. The lowest BCUT2D eigenvalue weighted by atomic mass is 10.2. The second-order valence-electron chi connectivity index (χ2n) is 3.89. The second kappa shape index (κ2) is 8.91. The van der Waals surface area contributed by atoms with Gasteiger partial charge < -0.3 is 16.0 Å². The highest BCUT2D eigenvalue weighted by Crippen LogP contribution is 1.86. The number of amides is 2. The zero-order valence-electron chi connectivity index (χ0n) is 10.0. The highest BCUT2D eigenvalue weighted by molar-refractivity contribution is 5.85. The Morgan fingerprint density at radius 1 is 1.19 bits per heavy atom. The van der Waals surface area contributed by atoms with Crippen LogP contribution in [0.5, 0.6) is 0 Å². The third kappa shape index (κ3) is 9.21. The highest BCUT2D eigenvalue weighted by Gasteiger charge is 2.04. The first-order chi connectivity index (χ1) is 7.56. The van der Waals surface area contributed by atoms with Crippen LogP contribution in [-0.2, 0) is 9.59 Å². The van der Waals surface area contributed by atoms with Crippen LogP contribution in [0.2, 0.25) is 0 Å². The molecule has 92 valence electrons. The molecule has 16 heavy (non-hydrogen) atoms. The van der Waals surface area contributed by atoms with Crippen molar-refractivity contribution in [2.75, 3.05) is 26.2 Å². The van der Waals surface area contributed by atoms with Crippen LogP contribution in [0.1, 0.15) is 13.8 Å². The number of carbonyl (C=O) groups excluding carboxylic acids is 2. The van der Waals surface area contributed by atoms with Gasteiger partial charge in [-0.15, -0.1) is 6.58 Å². The molecule has 0 aromatic heterocycles. The monoisotopic (exact) mass is 227 g/mol. The van der Waals surface area contributed by atoms with Crippen LogP contribution in [0.3, 0.4) is 0 Å². The van der Waals surface area contributed by atoms with E-state index in [0.717, 1.165) is 0 Å². The average molecular weight is 227 g/mol. The van der Waals surface area contributed by atoms with E-state index in [0.29, 0.717) is 19.0 Å². The van der Waals surface area contributed by atoms with Crippen LogP contribution in [-0.4, -0.2) is 38.0 Å². The molecule has 5 nitrogen and oxygen atoms in total. The normalized spacial score (nSPS) is 9.94. The fourth-order valence-corrected chi connectivity index (χ4v) is 0.910. The average Bonchev–Trinajstić information content (AvgIpc) is 2.24. The van der Waals surface area contributed by atoms with E-state index in [1.54, 1.807) is 6.08 Å². The fraction of sp³-hybridized carbons (Fsp3) is 0.636. The molecule has 0 bridgehead atoms. The van der Waals surface area contributed by atoms with Gasteiger partial charge in [0, 0.05) is 13.1 Å². The smallest absolute Gasteiger partial charge is 0.239 e. The van der Waals surface area contributed by atoms with Crippen molar-refractivity contribution in [2.45, 2.75) is 13.8 Å². The molecule has 2 amide bonds. The van der Waals surface area contributed by atoms with E-state index in [1.807, 2.05) is 13.8 Å². The predicted molar refractivity (Wildman–Crippen MR) is 63.9 cm³/mol. The Balaban J connectivity index is 3.51. The first kappa shape index (κ1) is 14.6. The summed E-state index contributed by atoms with van der Waals surface area (Å²) in [5.41, 5.74) is 0. The van der Waals surface area contributed by atoms with E-state index in [9.17, 15) is 9.59 Å².